The summed E-state index contributed by atoms with van der Waals surface area (Å²) in [5.74, 6) is 1.14. The van der Waals surface area contributed by atoms with Crippen LogP contribution in [0.4, 0.5) is 10.5 Å². The van der Waals surface area contributed by atoms with Crippen molar-refractivity contribution in [2.24, 2.45) is 5.92 Å². The van der Waals surface area contributed by atoms with Crippen LogP contribution in [-0.4, -0.2) is 43.3 Å². The van der Waals surface area contributed by atoms with E-state index in [0.717, 1.165) is 32.2 Å². The Bertz CT molecular complexity index is 601. The fourth-order valence-corrected chi connectivity index (χ4v) is 4.37. The number of para-hydroxylation sites is 2. The summed E-state index contributed by atoms with van der Waals surface area (Å²) in [6.45, 7) is 6.15. The van der Waals surface area contributed by atoms with Gasteiger partial charge in [-0.3, -0.25) is 5.32 Å². The number of hydrogen-bond acceptors (Lipinski definition) is 4. The SMILES string of the molecule is CCCOc1ccccc1NC(=O)O[C@@H]1CCCCCC1CN1CCCCC1. The molecule has 0 spiro atoms. The van der Waals surface area contributed by atoms with Crippen molar-refractivity contribution in [2.75, 3.05) is 31.6 Å². The van der Waals surface area contributed by atoms with Gasteiger partial charge < -0.3 is 14.4 Å². The number of likely N-dealkylation sites (tertiary alicyclic amines) is 1. The standard InChI is InChI=1S/C23H36N2O3/c1-2-17-27-22-14-8-7-12-20(22)24-23(26)28-21-13-6-3-5-11-19(21)18-25-15-9-4-10-16-25/h7-8,12,14,19,21H,2-6,9-11,13,15-18H2,1H3,(H,24,26)/t19?,21-/m1/s1. The maximum absolute atomic E-state index is 12.7. The molecule has 2 atom stereocenters. The summed E-state index contributed by atoms with van der Waals surface area (Å²) in [5, 5.41) is 2.91. The van der Waals surface area contributed by atoms with Crippen LogP contribution in [0.5, 0.6) is 5.75 Å². The van der Waals surface area contributed by atoms with Crippen molar-refractivity contribution in [3.8, 4) is 5.75 Å². The first-order chi connectivity index (χ1) is 13.8. The van der Waals surface area contributed by atoms with Gasteiger partial charge in [-0.25, -0.2) is 4.79 Å². The fraction of sp³-hybridized carbons (Fsp3) is 0.696. The molecule has 1 saturated heterocycles. The third kappa shape index (κ3) is 6.40. The van der Waals surface area contributed by atoms with Gasteiger partial charge >= 0.3 is 6.09 Å². The normalized spacial score (nSPS) is 23.6. The van der Waals surface area contributed by atoms with Crippen LogP contribution in [0.2, 0.25) is 0 Å². The Balaban J connectivity index is 1.58. The molecule has 1 saturated carbocycles. The maximum atomic E-state index is 12.7. The molecular formula is C23H36N2O3. The summed E-state index contributed by atoms with van der Waals surface area (Å²) in [6, 6.07) is 7.57. The van der Waals surface area contributed by atoms with Crippen molar-refractivity contribution in [3.05, 3.63) is 24.3 Å². The second-order valence-corrected chi connectivity index (χ2v) is 8.17. The van der Waals surface area contributed by atoms with E-state index in [1.807, 2.05) is 24.3 Å². The lowest BCUT2D eigenvalue weighted by atomic mass is 9.95. The Morgan fingerprint density at radius 1 is 1.07 bits per heavy atom. The molecule has 0 radical (unpaired) electrons. The second-order valence-electron chi connectivity index (χ2n) is 8.17. The van der Waals surface area contributed by atoms with Crippen LogP contribution in [0.3, 0.4) is 0 Å². The zero-order chi connectivity index (χ0) is 19.6. The average Bonchev–Trinajstić information content (AvgIpc) is 2.93. The number of nitrogens with one attached hydrogen (secondary N) is 1. The lowest BCUT2D eigenvalue weighted by Gasteiger charge is -2.33. The first-order valence-electron chi connectivity index (χ1n) is 11.2. The van der Waals surface area contributed by atoms with Crippen molar-refractivity contribution >= 4 is 11.8 Å². The molecule has 1 heterocycles. The van der Waals surface area contributed by atoms with Crippen LogP contribution in [0.15, 0.2) is 24.3 Å². The molecule has 5 nitrogen and oxygen atoms in total. The Kier molecular flexibility index (Phi) is 8.46. The zero-order valence-electron chi connectivity index (χ0n) is 17.3. The molecule has 28 heavy (non-hydrogen) atoms. The molecule has 156 valence electrons. The number of benzene rings is 1. The molecule has 3 rings (SSSR count). The first kappa shape index (κ1) is 21.0. The van der Waals surface area contributed by atoms with Crippen LogP contribution in [0.1, 0.15) is 64.7 Å². The largest absolute Gasteiger partial charge is 0.491 e. The van der Waals surface area contributed by atoms with Crippen LogP contribution >= 0.6 is 0 Å². The van der Waals surface area contributed by atoms with E-state index in [4.69, 9.17) is 9.47 Å². The molecule has 1 aromatic rings. The van der Waals surface area contributed by atoms with E-state index in [1.54, 1.807) is 0 Å². The Morgan fingerprint density at radius 2 is 1.82 bits per heavy atom. The van der Waals surface area contributed by atoms with Crippen molar-refractivity contribution in [1.29, 1.82) is 0 Å². The van der Waals surface area contributed by atoms with Crippen LogP contribution in [0, 0.1) is 5.92 Å². The van der Waals surface area contributed by atoms with Crippen molar-refractivity contribution in [1.82, 2.24) is 4.90 Å². The number of carbonyl (C=O) groups is 1. The molecule has 1 amide bonds. The molecule has 1 unspecified atom stereocenters. The van der Waals surface area contributed by atoms with Gasteiger partial charge in [0.05, 0.1) is 12.3 Å². The third-order valence-electron chi connectivity index (χ3n) is 5.87. The first-order valence-corrected chi connectivity index (χ1v) is 11.2. The van der Waals surface area contributed by atoms with E-state index in [-0.39, 0.29) is 12.2 Å². The van der Waals surface area contributed by atoms with Crippen LogP contribution in [0.25, 0.3) is 0 Å². The number of carbonyl (C=O) groups excluding carboxylic acids is 1. The van der Waals surface area contributed by atoms with E-state index in [9.17, 15) is 4.79 Å². The Hall–Kier alpha value is -1.75. The summed E-state index contributed by atoms with van der Waals surface area (Å²) in [6.07, 6.45) is 10.3. The molecular weight excluding hydrogens is 352 g/mol. The van der Waals surface area contributed by atoms with Gasteiger partial charge in [0.15, 0.2) is 0 Å². The molecule has 5 heteroatoms. The predicted molar refractivity (Wildman–Crippen MR) is 113 cm³/mol. The summed E-state index contributed by atoms with van der Waals surface area (Å²) < 4.78 is 11.7. The minimum absolute atomic E-state index is 0.00755. The van der Waals surface area contributed by atoms with E-state index >= 15 is 0 Å². The van der Waals surface area contributed by atoms with Crippen molar-refractivity contribution in [3.63, 3.8) is 0 Å². The van der Waals surface area contributed by atoms with Crippen LogP contribution in [-0.2, 0) is 4.74 Å². The lowest BCUT2D eigenvalue weighted by molar-refractivity contribution is 0.0471. The molecule has 2 fully saturated rings. The van der Waals surface area contributed by atoms with Gasteiger partial charge in [0.2, 0.25) is 0 Å². The number of anilines is 1. The topological polar surface area (TPSA) is 50.8 Å². The average molecular weight is 389 g/mol. The highest BCUT2D eigenvalue weighted by Crippen LogP contribution is 2.29. The van der Waals surface area contributed by atoms with Gasteiger partial charge in [0, 0.05) is 12.5 Å². The molecule has 1 aliphatic carbocycles. The monoisotopic (exact) mass is 388 g/mol. The van der Waals surface area contributed by atoms with Gasteiger partial charge in [-0.2, -0.15) is 0 Å². The summed E-state index contributed by atoms with van der Waals surface area (Å²) in [7, 11) is 0. The highest BCUT2D eigenvalue weighted by Gasteiger charge is 2.29. The van der Waals surface area contributed by atoms with Gasteiger partial charge in [0.1, 0.15) is 11.9 Å². The van der Waals surface area contributed by atoms with Gasteiger partial charge in [-0.1, -0.05) is 38.3 Å². The number of ether oxygens (including phenoxy) is 2. The van der Waals surface area contributed by atoms with Crippen molar-refractivity contribution < 1.29 is 14.3 Å². The minimum atomic E-state index is -0.358. The van der Waals surface area contributed by atoms with E-state index in [2.05, 4.69) is 17.1 Å². The highest BCUT2D eigenvalue weighted by molar-refractivity contribution is 5.86. The van der Waals surface area contributed by atoms with Gasteiger partial charge in [0.25, 0.3) is 0 Å². The number of amides is 1. The molecule has 0 aromatic heterocycles. The minimum Gasteiger partial charge on any atom is -0.491 e. The van der Waals surface area contributed by atoms with Gasteiger partial charge in [-0.15, -0.1) is 0 Å². The number of piperidine rings is 1. The maximum Gasteiger partial charge on any atom is 0.412 e. The Labute approximate surface area is 169 Å². The summed E-state index contributed by atoms with van der Waals surface area (Å²) >= 11 is 0. The lowest BCUT2D eigenvalue weighted by Crippen LogP contribution is -2.39. The molecule has 1 aliphatic heterocycles. The van der Waals surface area contributed by atoms with Gasteiger partial charge in [-0.05, 0) is 63.7 Å². The highest BCUT2D eigenvalue weighted by atomic mass is 16.6. The number of nitrogens with zero attached hydrogens (tertiary/aromatic N) is 1. The smallest absolute Gasteiger partial charge is 0.412 e. The van der Waals surface area contributed by atoms with Crippen LogP contribution < -0.4 is 10.1 Å². The van der Waals surface area contributed by atoms with E-state index in [1.165, 1.54) is 45.2 Å². The van der Waals surface area contributed by atoms with E-state index < -0.39 is 0 Å². The van der Waals surface area contributed by atoms with Crippen molar-refractivity contribution in [2.45, 2.75) is 70.8 Å². The quantitative estimate of drug-likeness (QED) is 0.630. The number of hydrogen-bond donors (Lipinski definition) is 1. The Morgan fingerprint density at radius 3 is 2.64 bits per heavy atom. The zero-order valence-corrected chi connectivity index (χ0v) is 17.3. The molecule has 1 N–H and O–H groups in total. The predicted octanol–water partition coefficient (Wildman–Crippen LogP) is 5.46. The molecule has 0 bridgehead atoms. The summed E-state index contributed by atoms with van der Waals surface area (Å²) in [5.41, 5.74) is 0.683. The van der Waals surface area contributed by atoms with E-state index in [0.29, 0.717) is 24.0 Å². The fourth-order valence-electron chi connectivity index (χ4n) is 4.37. The molecule has 2 aliphatic rings. The summed E-state index contributed by atoms with van der Waals surface area (Å²) in [4.78, 5) is 15.2. The molecule has 1 aromatic carbocycles. The second kappa shape index (κ2) is 11.3. The number of rotatable bonds is 7. The third-order valence-corrected chi connectivity index (χ3v) is 5.87.